The van der Waals surface area contributed by atoms with Crippen molar-refractivity contribution in [1.29, 1.82) is 0 Å². The number of carbonyl (C=O) groups is 1. The van der Waals surface area contributed by atoms with E-state index in [0.717, 1.165) is 19.4 Å². The number of hydrogen-bond acceptors (Lipinski definition) is 3. The molecule has 0 aromatic carbocycles. The van der Waals surface area contributed by atoms with Gasteiger partial charge in [-0.1, -0.05) is 26.8 Å². The Morgan fingerprint density at radius 1 is 1.47 bits per heavy atom. The zero-order valence-electron chi connectivity index (χ0n) is 11.7. The summed E-state index contributed by atoms with van der Waals surface area (Å²) in [6.07, 6.45) is 4.62. The second kappa shape index (κ2) is 9.23. The van der Waals surface area contributed by atoms with Crippen LogP contribution in [0.3, 0.4) is 0 Å². The van der Waals surface area contributed by atoms with E-state index in [0.29, 0.717) is 18.3 Å². The average molecular weight is 241 g/mol. The van der Waals surface area contributed by atoms with Crippen molar-refractivity contribution in [1.82, 2.24) is 5.32 Å². The third kappa shape index (κ3) is 6.47. The summed E-state index contributed by atoms with van der Waals surface area (Å²) < 4.78 is 4.74. The molecular weight excluding hydrogens is 214 g/mol. The standard InChI is InChI=1S/C14H27NO2/c1-6-12(7-2)9-11(4)13(15-8-3)10-14(16)17-5/h6,11-13,15H,1,7-10H2,2-5H3. The molecule has 3 nitrogen and oxygen atoms in total. The quantitative estimate of drug-likeness (QED) is 0.498. The SMILES string of the molecule is C=CC(CC)CC(C)C(CC(=O)OC)NCC. The molecule has 17 heavy (non-hydrogen) atoms. The van der Waals surface area contributed by atoms with Gasteiger partial charge in [0.15, 0.2) is 0 Å². The molecule has 0 rings (SSSR count). The van der Waals surface area contributed by atoms with Crippen LogP contribution >= 0.6 is 0 Å². The van der Waals surface area contributed by atoms with Crippen molar-refractivity contribution in [3.8, 4) is 0 Å². The normalized spacial score (nSPS) is 16.0. The van der Waals surface area contributed by atoms with Gasteiger partial charge in [-0.15, -0.1) is 6.58 Å². The molecule has 0 aromatic heterocycles. The molecule has 1 N–H and O–H groups in total. The molecule has 0 aliphatic carbocycles. The maximum Gasteiger partial charge on any atom is 0.307 e. The predicted octanol–water partition coefficient (Wildman–Crippen LogP) is 2.77. The van der Waals surface area contributed by atoms with E-state index >= 15 is 0 Å². The van der Waals surface area contributed by atoms with Crippen LogP contribution in [0.15, 0.2) is 12.7 Å². The minimum Gasteiger partial charge on any atom is -0.469 e. The molecule has 3 heteroatoms. The molecule has 3 atom stereocenters. The number of nitrogens with one attached hydrogen (secondary N) is 1. The Kier molecular flexibility index (Phi) is 8.78. The predicted molar refractivity (Wildman–Crippen MR) is 71.9 cm³/mol. The molecule has 0 aliphatic rings. The van der Waals surface area contributed by atoms with E-state index in [4.69, 9.17) is 4.74 Å². The fourth-order valence-electron chi connectivity index (χ4n) is 2.07. The molecule has 0 amide bonds. The Hall–Kier alpha value is -0.830. The van der Waals surface area contributed by atoms with Gasteiger partial charge in [0.2, 0.25) is 0 Å². The summed E-state index contributed by atoms with van der Waals surface area (Å²) in [5, 5.41) is 3.37. The molecule has 0 bridgehead atoms. The molecule has 0 radical (unpaired) electrons. The van der Waals surface area contributed by atoms with E-state index in [9.17, 15) is 4.79 Å². The van der Waals surface area contributed by atoms with Crippen LogP contribution in [0, 0.1) is 11.8 Å². The molecule has 3 unspecified atom stereocenters. The van der Waals surface area contributed by atoms with Crippen molar-refractivity contribution in [2.75, 3.05) is 13.7 Å². The Morgan fingerprint density at radius 3 is 2.53 bits per heavy atom. The molecule has 0 heterocycles. The van der Waals surface area contributed by atoms with E-state index in [1.165, 1.54) is 7.11 Å². The van der Waals surface area contributed by atoms with Crippen LogP contribution in [-0.2, 0) is 9.53 Å². The average Bonchev–Trinajstić information content (AvgIpc) is 2.34. The van der Waals surface area contributed by atoms with Gasteiger partial charge in [-0.05, 0) is 31.2 Å². The summed E-state index contributed by atoms with van der Waals surface area (Å²) in [5.74, 6) is 0.829. The lowest BCUT2D eigenvalue weighted by molar-refractivity contribution is -0.141. The summed E-state index contributed by atoms with van der Waals surface area (Å²) in [4.78, 5) is 11.3. The molecule has 0 saturated carbocycles. The first-order valence-electron chi connectivity index (χ1n) is 6.51. The Bertz CT molecular complexity index is 228. The van der Waals surface area contributed by atoms with Crippen molar-refractivity contribution >= 4 is 5.97 Å². The lowest BCUT2D eigenvalue weighted by Gasteiger charge is -2.26. The van der Waals surface area contributed by atoms with Crippen molar-refractivity contribution in [2.45, 2.75) is 46.1 Å². The Balaban J connectivity index is 4.36. The van der Waals surface area contributed by atoms with Crippen LogP contribution in [0.2, 0.25) is 0 Å². The number of carbonyl (C=O) groups excluding carboxylic acids is 1. The first kappa shape index (κ1) is 16.2. The molecule has 100 valence electrons. The van der Waals surface area contributed by atoms with Crippen LogP contribution in [0.25, 0.3) is 0 Å². The van der Waals surface area contributed by atoms with Gasteiger partial charge in [0.05, 0.1) is 13.5 Å². The largest absolute Gasteiger partial charge is 0.469 e. The molecular formula is C14H27NO2. The number of ether oxygens (including phenoxy) is 1. The minimum absolute atomic E-state index is 0.144. The van der Waals surface area contributed by atoms with Gasteiger partial charge < -0.3 is 10.1 Å². The van der Waals surface area contributed by atoms with E-state index in [1.807, 2.05) is 6.08 Å². The zero-order valence-corrected chi connectivity index (χ0v) is 11.7. The molecule has 0 aromatic rings. The lowest BCUT2D eigenvalue weighted by Crippen LogP contribution is -2.37. The van der Waals surface area contributed by atoms with Crippen molar-refractivity contribution < 1.29 is 9.53 Å². The van der Waals surface area contributed by atoms with Gasteiger partial charge in [-0.25, -0.2) is 0 Å². The zero-order chi connectivity index (χ0) is 13.3. The summed E-state index contributed by atoms with van der Waals surface area (Å²) in [6, 6.07) is 0.196. The van der Waals surface area contributed by atoms with Gasteiger partial charge in [0.1, 0.15) is 0 Å². The lowest BCUT2D eigenvalue weighted by atomic mass is 9.87. The van der Waals surface area contributed by atoms with Gasteiger partial charge >= 0.3 is 5.97 Å². The highest BCUT2D eigenvalue weighted by molar-refractivity contribution is 5.69. The Labute approximate surface area is 106 Å². The van der Waals surface area contributed by atoms with Crippen molar-refractivity contribution in [2.24, 2.45) is 11.8 Å². The van der Waals surface area contributed by atoms with Crippen LogP contribution in [0.4, 0.5) is 0 Å². The summed E-state index contributed by atoms with van der Waals surface area (Å²) in [7, 11) is 1.44. The fourth-order valence-corrected chi connectivity index (χ4v) is 2.07. The highest BCUT2D eigenvalue weighted by atomic mass is 16.5. The van der Waals surface area contributed by atoms with Crippen LogP contribution in [0.5, 0.6) is 0 Å². The number of allylic oxidation sites excluding steroid dienone is 1. The molecule has 0 fully saturated rings. The van der Waals surface area contributed by atoms with Gasteiger partial charge in [0.25, 0.3) is 0 Å². The van der Waals surface area contributed by atoms with Gasteiger partial charge in [-0.2, -0.15) is 0 Å². The van der Waals surface area contributed by atoms with Crippen LogP contribution < -0.4 is 5.32 Å². The fraction of sp³-hybridized carbons (Fsp3) is 0.786. The maximum atomic E-state index is 11.3. The van der Waals surface area contributed by atoms with Crippen LogP contribution in [-0.4, -0.2) is 25.7 Å². The van der Waals surface area contributed by atoms with Crippen molar-refractivity contribution in [3.63, 3.8) is 0 Å². The molecule has 0 spiro atoms. The number of hydrogen-bond donors (Lipinski definition) is 1. The Morgan fingerprint density at radius 2 is 2.12 bits per heavy atom. The topological polar surface area (TPSA) is 38.3 Å². The van der Waals surface area contributed by atoms with Gasteiger partial charge in [0, 0.05) is 6.04 Å². The van der Waals surface area contributed by atoms with E-state index in [-0.39, 0.29) is 12.0 Å². The number of rotatable bonds is 9. The third-order valence-electron chi connectivity index (χ3n) is 3.30. The van der Waals surface area contributed by atoms with Crippen molar-refractivity contribution in [3.05, 3.63) is 12.7 Å². The number of methoxy groups -OCH3 is 1. The minimum atomic E-state index is -0.144. The summed E-state index contributed by atoms with van der Waals surface area (Å²) in [5.41, 5.74) is 0. The second-order valence-corrected chi connectivity index (χ2v) is 4.56. The summed E-state index contributed by atoms with van der Waals surface area (Å²) in [6.45, 7) is 11.1. The maximum absolute atomic E-state index is 11.3. The van der Waals surface area contributed by atoms with Gasteiger partial charge in [-0.3, -0.25) is 4.79 Å². The highest BCUT2D eigenvalue weighted by Crippen LogP contribution is 2.21. The van der Waals surface area contributed by atoms with Crippen LogP contribution in [0.1, 0.15) is 40.0 Å². The number of esters is 1. The van der Waals surface area contributed by atoms with E-state index in [2.05, 4.69) is 32.7 Å². The monoisotopic (exact) mass is 241 g/mol. The third-order valence-corrected chi connectivity index (χ3v) is 3.30. The van der Waals surface area contributed by atoms with E-state index < -0.39 is 0 Å². The first-order valence-corrected chi connectivity index (χ1v) is 6.51. The smallest absolute Gasteiger partial charge is 0.307 e. The summed E-state index contributed by atoms with van der Waals surface area (Å²) >= 11 is 0. The molecule has 0 aliphatic heterocycles. The molecule has 0 saturated heterocycles. The van der Waals surface area contributed by atoms with E-state index in [1.54, 1.807) is 0 Å². The first-order chi connectivity index (χ1) is 8.08. The highest BCUT2D eigenvalue weighted by Gasteiger charge is 2.21. The second-order valence-electron chi connectivity index (χ2n) is 4.56.